The summed E-state index contributed by atoms with van der Waals surface area (Å²) >= 11 is 0. The van der Waals surface area contributed by atoms with E-state index in [2.05, 4.69) is 70.1 Å². The topological polar surface area (TPSA) is 135 Å². The molecule has 1 saturated carbocycles. The van der Waals surface area contributed by atoms with Gasteiger partial charge in [-0.1, -0.05) is 25.0 Å². The Hall–Kier alpha value is -5.08. The number of hydrogen-bond acceptors (Lipinski definition) is 11. The number of hydrogen-bond donors (Lipinski definition) is 2. The fourth-order valence-electron chi connectivity index (χ4n) is 10.2. The van der Waals surface area contributed by atoms with Crippen molar-refractivity contribution >= 4 is 51.9 Å². The molecule has 4 aromatic rings. The molecular formula is C45H59N11O3. The first-order chi connectivity index (χ1) is 28.8. The van der Waals surface area contributed by atoms with Crippen molar-refractivity contribution in [3.05, 3.63) is 66.1 Å². The lowest BCUT2D eigenvalue weighted by Crippen LogP contribution is -2.53. The molecule has 1 aromatic carbocycles. The van der Waals surface area contributed by atoms with E-state index >= 15 is 0 Å². The molecule has 5 aliphatic rings. The Bertz CT molecular complexity index is 2110. The van der Waals surface area contributed by atoms with Crippen molar-refractivity contribution in [3.63, 3.8) is 0 Å². The Balaban J connectivity index is 0.712. The van der Waals surface area contributed by atoms with Crippen LogP contribution in [0.15, 0.2) is 54.9 Å². The van der Waals surface area contributed by atoms with Gasteiger partial charge in [0, 0.05) is 95.7 Å². The molecule has 1 atom stereocenters. The van der Waals surface area contributed by atoms with Crippen molar-refractivity contribution in [1.82, 2.24) is 39.5 Å². The number of amides is 3. The highest BCUT2D eigenvalue weighted by atomic mass is 16.2. The summed E-state index contributed by atoms with van der Waals surface area (Å²) in [6.07, 6.45) is 14.1. The molecule has 14 nitrogen and oxygen atoms in total. The minimum Gasteiger partial charge on any atom is -0.372 e. The number of imide groups is 1. The van der Waals surface area contributed by atoms with Crippen LogP contribution in [-0.4, -0.2) is 131 Å². The zero-order valence-corrected chi connectivity index (χ0v) is 34.7. The van der Waals surface area contributed by atoms with Crippen molar-refractivity contribution in [2.24, 2.45) is 5.92 Å². The lowest BCUT2D eigenvalue weighted by Gasteiger charge is -2.44. The van der Waals surface area contributed by atoms with E-state index < -0.39 is 0 Å². The third-order valence-corrected chi connectivity index (χ3v) is 13.7. The number of benzene rings is 1. The summed E-state index contributed by atoms with van der Waals surface area (Å²) in [5.74, 6) is 1.35. The van der Waals surface area contributed by atoms with Gasteiger partial charge in [0.25, 0.3) is 5.91 Å². The van der Waals surface area contributed by atoms with E-state index in [0.29, 0.717) is 36.3 Å². The molecule has 5 fully saturated rings. The van der Waals surface area contributed by atoms with E-state index in [1.54, 1.807) is 19.0 Å². The number of nitrogens with one attached hydrogen (secondary N) is 2. The van der Waals surface area contributed by atoms with E-state index in [4.69, 9.17) is 9.97 Å². The van der Waals surface area contributed by atoms with Crippen LogP contribution < -0.4 is 20.4 Å². The van der Waals surface area contributed by atoms with Crippen LogP contribution in [0.2, 0.25) is 0 Å². The van der Waals surface area contributed by atoms with Gasteiger partial charge in [0.2, 0.25) is 17.8 Å². The highest BCUT2D eigenvalue weighted by Crippen LogP contribution is 2.35. The summed E-state index contributed by atoms with van der Waals surface area (Å²) in [7, 11) is 3.59. The van der Waals surface area contributed by atoms with Crippen LogP contribution in [0.4, 0.5) is 23.1 Å². The van der Waals surface area contributed by atoms with E-state index in [0.717, 1.165) is 80.3 Å². The summed E-state index contributed by atoms with van der Waals surface area (Å²) in [5, 5.41) is 6.67. The third-order valence-electron chi connectivity index (χ3n) is 13.7. The zero-order valence-electron chi connectivity index (χ0n) is 34.7. The number of carbonyl (C=O) groups excluding carboxylic acids is 3. The Kier molecular flexibility index (Phi) is 11.5. The van der Waals surface area contributed by atoms with Crippen molar-refractivity contribution in [1.29, 1.82) is 0 Å². The standard InChI is InChI=1S/C45H59N11O3/c1-51(2)44(59)39-27-33-28-47-45(50-42(33)56(39)36-5-3-4-6-36)48-40-13-11-37(29-46-40)55-25-23-54(24-26-55)35-17-19-52(20-18-35)30-31-15-21-53(22-16-31)34-9-7-32(8-10-34)38-12-14-41(57)49-43(38)58/h7-11,13,27-29,31,35-36,38H,3-6,12,14-26,30H2,1-2H3,(H,49,57,58)(H,46,47,48,50). The number of likely N-dealkylation sites (tertiary alicyclic amines) is 1. The van der Waals surface area contributed by atoms with E-state index in [9.17, 15) is 14.4 Å². The molecule has 0 bridgehead atoms. The van der Waals surface area contributed by atoms with Crippen molar-refractivity contribution in [3.8, 4) is 0 Å². The molecule has 1 unspecified atom stereocenters. The predicted molar refractivity (Wildman–Crippen MR) is 230 cm³/mol. The summed E-state index contributed by atoms with van der Waals surface area (Å²) < 4.78 is 2.14. The van der Waals surface area contributed by atoms with Gasteiger partial charge in [0.1, 0.15) is 17.2 Å². The first-order valence-corrected chi connectivity index (χ1v) is 22.0. The Labute approximate surface area is 347 Å². The SMILES string of the molecule is CN(C)C(=O)c1cc2cnc(Nc3ccc(N4CCN(C5CCN(CC6CCN(c7ccc(C8CCC(=O)NC8=O)cc7)CC6)CC5)CC4)cn3)nc2n1C1CCCC1. The van der Waals surface area contributed by atoms with Gasteiger partial charge in [-0.2, -0.15) is 4.98 Å². The van der Waals surface area contributed by atoms with Crippen LogP contribution in [0.5, 0.6) is 0 Å². The summed E-state index contributed by atoms with van der Waals surface area (Å²) in [4.78, 5) is 63.2. The maximum absolute atomic E-state index is 13.1. The molecule has 7 heterocycles. The van der Waals surface area contributed by atoms with E-state index in [-0.39, 0.29) is 29.7 Å². The van der Waals surface area contributed by atoms with Crippen molar-refractivity contribution < 1.29 is 14.4 Å². The Morgan fingerprint density at radius 3 is 2.17 bits per heavy atom. The molecule has 1 aliphatic carbocycles. The molecule has 3 amide bonds. The molecule has 4 aliphatic heterocycles. The highest BCUT2D eigenvalue weighted by Gasteiger charge is 2.31. The van der Waals surface area contributed by atoms with Crippen LogP contribution in [-0.2, 0) is 9.59 Å². The Morgan fingerprint density at radius 2 is 1.49 bits per heavy atom. The second-order valence-corrected chi connectivity index (χ2v) is 17.6. The molecule has 9 rings (SSSR count). The second-order valence-electron chi connectivity index (χ2n) is 17.6. The molecule has 59 heavy (non-hydrogen) atoms. The lowest BCUT2D eigenvalue weighted by molar-refractivity contribution is -0.134. The quantitative estimate of drug-likeness (QED) is 0.200. The third kappa shape index (κ3) is 8.65. The molecule has 2 N–H and O–H groups in total. The van der Waals surface area contributed by atoms with Crippen LogP contribution in [0.3, 0.4) is 0 Å². The lowest BCUT2D eigenvalue weighted by atomic mass is 9.90. The molecular weight excluding hydrogens is 743 g/mol. The van der Waals surface area contributed by atoms with Crippen LogP contribution in [0.25, 0.3) is 11.0 Å². The van der Waals surface area contributed by atoms with Gasteiger partial charge < -0.3 is 29.5 Å². The number of aromatic nitrogens is 4. The summed E-state index contributed by atoms with van der Waals surface area (Å²) in [5.41, 5.74) is 4.84. The van der Waals surface area contributed by atoms with Crippen molar-refractivity contribution in [2.45, 2.75) is 82.2 Å². The first-order valence-electron chi connectivity index (χ1n) is 22.0. The monoisotopic (exact) mass is 801 g/mol. The van der Waals surface area contributed by atoms with Gasteiger partial charge in [-0.05, 0) is 99.8 Å². The number of carbonyl (C=O) groups is 3. The van der Waals surface area contributed by atoms with E-state index in [1.807, 2.05) is 24.5 Å². The van der Waals surface area contributed by atoms with Gasteiger partial charge in [-0.25, -0.2) is 9.97 Å². The normalized spacial score (nSPS) is 22.0. The molecule has 312 valence electrons. The second kappa shape index (κ2) is 17.3. The molecule has 0 radical (unpaired) electrons. The van der Waals surface area contributed by atoms with E-state index in [1.165, 1.54) is 63.8 Å². The van der Waals surface area contributed by atoms with Crippen LogP contribution in [0.1, 0.15) is 92.2 Å². The fourth-order valence-corrected chi connectivity index (χ4v) is 10.2. The summed E-state index contributed by atoms with van der Waals surface area (Å²) in [6, 6.07) is 15.4. The number of piperazine rings is 1. The maximum atomic E-state index is 13.1. The molecule has 0 spiro atoms. The number of fused-ring (bicyclic) bond motifs is 1. The smallest absolute Gasteiger partial charge is 0.270 e. The highest BCUT2D eigenvalue weighted by molar-refractivity contribution is 6.01. The molecule has 4 saturated heterocycles. The summed E-state index contributed by atoms with van der Waals surface area (Å²) in [6.45, 7) is 9.86. The van der Waals surface area contributed by atoms with Crippen LogP contribution >= 0.6 is 0 Å². The minimum absolute atomic E-state index is 0.0108. The minimum atomic E-state index is -0.227. The zero-order chi connectivity index (χ0) is 40.5. The van der Waals surface area contributed by atoms with Crippen molar-refractivity contribution in [2.75, 3.05) is 88.1 Å². The average Bonchev–Trinajstić information content (AvgIpc) is 3.93. The van der Waals surface area contributed by atoms with Gasteiger partial charge >= 0.3 is 0 Å². The predicted octanol–water partition coefficient (Wildman–Crippen LogP) is 5.41. The fraction of sp³-hybridized carbons (Fsp3) is 0.556. The number of anilines is 4. The Morgan fingerprint density at radius 1 is 0.780 bits per heavy atom. The molecule has 14 heteroatoms. The largest absolute Gasteiger partial charge is 0.372 e. The number of rotatable bonds is 10. The number of nitrogens with zero attached hydrogens (tertiary/aromatic N) is 9. The number of pyridine rings is 1. The van der Waals surface area contributed by atoms with Gasteiger partial charge in [0.15, 0.2) is 0 Å². The van der Waals surface area contributed by atoms with Gasteiger partial charge in [0.05, 0.1) is 17.8 Å². The van der Waals surface area contributed by atoms with Gasteiger partial charge in [-0.15, -0.1) is 0 Å². The maximum Gasteiger partial charge on any atom is 0.270 e. The number of piperidine rings is 3. The van der Waals surface area contributed by atoms with Gasteiger partial charge in [-0.3, -0.25) is 24.6 Å². The van der Waals surface area contributed by atoms with Crippen LogP contribution in [0, 0.1) is 5.92 Å². The average molecular weight is 802 g/mol. The first kappa shape index (κ1) is 39.4. The molecule has 3 aromatic heterocycles.